The fourth-order valence-corrected chi connectivity index (χ4v) is 3.57. The molecule has 0 saturated heterocycles. The lowest BCUT2D eigenvalue weighted by Gasteiger charge is -2.17. The quantitative estimate of drug-likeness (QED) is 0.566. The highest BCUT2D eigenvalue weighted by molar-refractivity contribution is 6.05. The largest absolute Gasteiger partial charge is 0.371 e. The second kappa shape index (κ2) is 8.69. The minimum atomic E-state index is -0.336. The lowest BCUT2D eigenvalue weighted by molar-refractivity contribution is 0.102. The fourth-order valence-electron chi connectivity index (χ4n) is 3.57. The van der Waals surface area contributed by atoms with Crippen LogP contribution >= 0.6 is 0 Å². The van der Waals surface area contributed by atoms with E-state index in [-0.39, 0.29) is 11.9 Å². The number of carbonyl (C=O) groups excluding carboxylic acids is 2. The average Bonchev–Trinajstić information content (AvgIpc) is 3.17. The van der Waals surface area contributed by atoms with Crippen LogP contribution in [0.3, 0.4) is 0 Å². The maximum atomic E-state index is 12.6. The van der Waals surface area contributed by atoms with Crippen molar-refractivity contribution in [2.75, 3.05) is 33.9 Å². The van der Waals surface area contributed by atoms with Gasteiger partial charge in [-0.1, -0.05) is 24.3 Å². The zero-order valence-electron chi connectivity index (χ0n) is 16.8. The SMILES string of the molecule is CCN1CCc2ccc(NC(=O)c3ccc(NC(=O)Nc4ccccc4)cc3)cc21. The standard InChI is InChI=1S/C24H24N4O2/c1-2-28-15-14-17-8-13-21(16-22(17)28)25-23(29)18-9-11-20(12-10-18)27-24(30)26-19-6-4-3-5-7-19/h3-13,16H,2,14-15H2,1H3,(H,25,29)(H2,26,27,30). The summed E-state index contributed by atoms with van der Waals surface area (Å²) in [5, 5.41) is 8.47. The molecule has 4 rings (SSSR count). The van der Waals surface area contributed by atoms with Crippen molar-refractivity contribution in [3.05, 3.63) is 83.9 Å². The Morgan fingerprint density at radius 3 is 2.20 bits per heavy atom. The number of anilines is 4. The highest BCUT2D eigenvalue weighted by Gasteiger charge is 2.18. The van der Waals surface area contributed by atoms with E-state index in [1.165, 1.54) is 11.3 Å². The van der Waals surface area contributed by atoms with Gasteiger partial charge in [0.15, 0.2) is 0 Å². The summed E-state index contributed by atoms with van der Waals surface area (Å²) in [5.74, 6) is -0.184. The van der Waals surface area contributed by atoms with Crippen LogP contribution in [0.5, 0.6) is 0 Å². The molecule has 3 aromatic rings. The molecule has 30 heavy (non-hydrogen) atoms. The molecular weight excluding hydrogens is 376 g/mol. The predicted octanol–water partition coefficient (Wildman–Crippen LogP) is 4.97. The summed E-state index contributed by atoms with van der Waals surface area (Å²) in [4.78, 5) is 27.0. The van der Waals surface area contributed by atoms with Crippen LogP contribution in [0.15, 0.2) is 72.8 Å². The summed E-state index contributed by atoms with van der Waals surface area (Å²) in [6, 6.07) is 21.7. The molecule has 0 unspecified atom stereocenters. The minimum absolute atomic E-state index is 0.184. The van der Waals surface area contributed by atoms with Crippen molar-refractivity contribution in [3.8, 4) is 0 Å². The molecule has 152 valence electrons. The first-order valence-electron chi connectivity index (χ1n) is 10.0. The van der Waals surface area contributed by atoms with Crippen molar-refractivity contribution in [3.63, 3.8) is 0 Å². The smallest absolute Gasteiger partial charge is 0.323 e. The van der Waals surface area contributed by atoms with Crippen molar-refractivity contribution < 1.29 is 9.59 Å². The van der Waals surface area contributed by atoms with E-state index in [1.54, 1.807) is 24.3 Å². The van der Waals surface area contributed by atoms with Gasteiger partial charge in [-0.15, -0.1) is 0 Å². The van der Waals surface area contributed by atoms with Gasteiger partial charge in [0.05, 0.1) is 0 Å². The van der Waals surface area contributed by atoms with Crippen molar-refractivity contribution in [1.29, 1.82) is 0 Å². The number of amides is 3. The molecule has 0 spiro atoms. The van der Waals surface area contributed by atoms with Crippen LogP contribution in [0.25, 0.3) is 0 Å². The minimum Gasteiger partial charge on any atom is -0.371 e. The van der Waals surface area contributed by atoms with E-state index in [0.29, 0.717) is 16.9 Å². The predicted molar refractivity (Wildman–Crippen MR) is 122 cm³/mol. The number of likely N-dealkylation sites (N-methyl/N-ethyl adjacent to an activating group) is 1. The van der Waals surface area contributed by atoms with Crippen LogP contribution in [0.2, 0.25) is 0 Å². The first-order valence-corrected chi connectivity index (χ1v) is 10.0. The van der Waals surface area contributed by atoms with E-state index >= 15 is 0 Å². The lowest BCUT2D eigenvalue weighted by atomic mass is 10.1. The molecule has 1 aliphatic rings. The van der Waals surface area contributed by atoms with E-state index in [2.05, 4.69) is 33.8 Å². The summed E-state index contributed by atoms with van der Waals surface area (Å²) in [6.45, 7) is 4.11. The van der Waals surface area contributed by atoms with Gasteiger partial charge in [0.25, 0.3) is 5.91 Å². The summed E-state index contributed by atoms with van der Waals surface area (Å²) in [5.41, 5.74) is 5.14. The molecule has 1 heterocycles. The maximum Gasteiger partial charge on any atom is 0.323 e. The molecule has 3 amide bonds. The Balaban J connectivity index is 1.37. The third-order valence-electron chi connectivity index (χ3n) is 5.15. The van der Waals surface area contributed by atoms with Crippen LogP contribution in [0.1, 0.15) is 22.8 Å². The Kier molecular flexibility index (Phi) is 5.66. The summed E-state index contributed by atoms with van der Waals surface area (Å²) < 4.78 is 0. The number of hydrogen-bond acceptors (Lipinski definition) is 3. The van der Waals surface area contributed by atoms with Crippen LogP contribution in [0.4, 0.5) is 27.5 Å². The molecular formula is C24H24N4O2. The number of urea groups is 1. The molecule has 0 aliphatic carbocycles. The van der Waals surface area contributed by atoms with Crippen LogP contribution in [-0.4, -0.2) is 25.0 Å². The number of nitrogens with one attached hydrogen (secondary N) is 3. The fraction of sp³-hybridized carbons (Fsp3) is 0.167. The average molecular weight is 400 g/mol. The first-order chi connectivity index (χ1) is 14.6. The Hall–Kier alpha value is -3.80. The van der Waals surface area contributed by atoms with E-state index < -0.39 is 0 Å². The number of carbonyl (C=O) groups is 2. The number of fused-ring (bicyclic) bond motifs is 1. The molecule has 0 bridgehead atoms. The molecule has 0 fully saturated rings. The molecule has 0 saturated carbocycles. The highest BCUT2D eigenvalue weighted by Crippen LogP contribution is 2.30. The molecule has 0 radical (unpaired) electrons. The monoisotopic (exact) mass is 400 g/mol. The Morgan fingerprint density at radius 1 is 0.833 bits per heavy atom. The van der Waals surface area contributed by atoms with E-state index in [4.69, 9.17) is 0 Å². The van der Waals surface area contributed by atoms with Crippen molar-refractivity contribution in [2.24, 2.45) is 0 Å². The van der Waals surface area contributed by atoms with Crippen LogP contribution in [-0.2, 0) is 6.42 Å². The van der Waals surface area contributed by atoms with Crippen LogP contribution in [0, 0.1) is 0 Å². The summed E-state index contributed by atoms with van der Waals surface area (Å²) >= 11 is 0. The van der Waals surface area contributed by atoms with Gasteiger partial charge in [-0.3, -0.25) is 4.79 Å². The number of benzene rings is 3. The topological polar surface area (TPSA) is 73.5 Å². The van der Waals surface area contributed by atoms with Gasteiger partial charge in [-0.2, -0.15) is 0 Å². The first kappa shape index (κ1) is 19.5. The van der Waals surface area contributed by atoms with E-state index in [0.717, 1.165) is 25.2 Å². The summed E-state index contributed by atoms with van der Waals surface area (Å²) in [7, 11) is 0. The number of hydrogen-bond donors (Lipinski definition) is 3. The molecule has 0 aromatic heterocycles. The second-order valence-corrected chi connectivity index (χ2v) is 7.15. The Labute approximate surface area is 175 Å². The van der Waals surface area contributed by atoms with Gasteiger partial charge in [0, 0.05) is 41.4 Å². The van der Waals surface area contributed by atoms with E-state index in [1.807, 2.05) is 42.5 Å². The number of nitrogens with zero attached hydrogens (tertiary/aromatic N) is 1. The molecule has 1 aliphatic heterocycles. The van der Waals surface area contributed by atoms with Gasteiger partial charge >= 0.3 is 6.03 Å². The van der Waals surface area contributed by atoms with Gasteiger partial charge in [0.1, 0.15) is 0 Å². The van der Waals surface area contributed by atoms with Crippen molar-refractivity contribution >= 4 is 34.7 Å². The van der Waals surface area contributed by atoms with Gasteiger partial charge < -0.3 is 20.9 Å². The van der Waals surface area contributed by atoms with Gasteiger partial charge in [0.2, 0.25) is 0 Å². The second-order valence-electron chi connectivity index (χ2n) is 7.15. The highest BCUT2D eigenvalue weighted by atomic mass is 16.2. The third kappa shape index (κ3) is 4.43. The molecule has 6 nitrogen and oxygen atoms in total. The lowest BCUT2D eigenvalue weighted by Crippen LogP contribution is -2.20. The zero-order valence-corrected chi connectivity index (χ0v) is 16.8. The third-order valence-corrected chi connectivity index (χ3v) is 5.15. The molecule has 3 aromatic carbocycles. The number of rotatable bonds is 5. The van der Waals surface area contributed by atoms with Crippen molar-refractivity contribution in [1.82, 2.24) is 0 Å². The molecule has 0 atom stereocenters. The summed E-state index contributed by atoms with van der Waals surface area (Å²) in [6.07, 6.45) is 1.05. The van der Waals surface area contributed by atoms with Gasteiger partial charge in [-0.25, -0.2) is 4.79 Å². The van der Waals surface area contributed by atoms with E-state index in [9.17, 15) is 9.59 Å². The molecule has 6 heteroatoms. The zero-order chi connectivity index (χ0) is 20.9. The Morgan fingerprint density at radius 2 is 1.50 bits per heavy atom. The number of para-hydroxylation sites is 1. The van der Waals surface area contributed by atoms with Crippen LogP contribution < -0.4 is 20.9 Å². The van der Waals surface area contributed by atoms with Crippen molar-refractivity contribution in [2.45, 2.75) is 13.3 Å². The molecule has 3 N–H and O–H groups in total. The Bertz CT molecular complexity index is 1050. The normalized spacial score (nSPS) is 12.2. The van der Waals surface area contributed by atoms with Gasteiger partial charge in [-0.05, 0) is 67.4 Å². The maximum absolute atomic E-state index is 12.6.